The van der Waals surface area contributed by atoms with Crippen LogP contribution in [0.25, 0.3) is 22.2 Å². The van der Waals surface area contributed by atoms with E-state index >= 15 is 0 Å². The second-order valence-electron chi connectivity index (χ2n) is 6.38. The smallest absolute Gasteiger partial charge is 0.274 e. The van der Waals surface area contributed by atoms with Gasteiger partial charge in [0.05, 0.1) is 17.5 Å². The molecule has 0 bridgehead atoms. The Kier molecular flexibility index (Phi) is 4.72. The van der Waals surface area contributed by atoms with E-state index in [4.69, 9.17) is 0 Å². The lowest BCUT2D eigenvalue weighted by molar-refractivity contribution is 0.0951. The Labute approximate surface area is 161 Å². The van der Waals surface area contributed by atoms with Gasteiger partial charge in [0.1, 0.15) is 5.82 Å². The first-order valence-corrected chi connectivity index (χ1v) is 8.87. The molecule has 138 valence electrons. The number of aryl methyl sites for hydroxylation is 1. The van der Waals surface area contributed by atoms with Crippen LogP contribution in [0.15, 0.2) is 84.0 Å². The predicted molar refractivity (Wildman–Crippen MR) is 110 cm³/mol. The van der Waals surface area contributed by atoms with Crippen molar-refractivity contribution in [1.29, 1.82) is 0 Å². The number of hydrazone groups is 1. The Hall–Kier alpha value is -3.73. The Morgan fingerprint density at radius 3 is 2.43 bits per heavy atom. The van der Waals surface area contributed by atoms with Gasteiger partial charge in [0, 0.05) is 23.5 Å². The molecule has 1 N–H and O–H groups in total. The van der Waals surface area contributed by atoms with E-state index in [1.165, 1.54) is 18.2 Å². The van der Waals surface area contributed by atoms with Crippen molar-refractivity contribution in [3.8, 4) is 11.3 Å². The van der Waals surface area contributed by atoms with Gasteiger partial charge in [-0.2, -0.15) is 5.10 Å². The van der Waals surface area contributed by atoms with Crippen molar-refractivity contribution < 1.29 is 9.18 Å². The molecule has 1 amide bonds. The molecule has 0 aliphatic rings. The van der Waals surface area contributed by atoms with Gasteiger partial charge in [0.15, 0.2) is 0 Å². The zero-order valence-corrected chi connectivity index (χ0v) is 15.3. The molecule has 4 rings (SSSR count). The number of nitrogens with one attached hydrogen (secondary N) is 1. The second kappa shape index (κ2) is 7.48. The monoisotopic (exact) mass is 371 g/mol. The van der Waals surface area contributed by atoms with E-state index < -0.39 is 11.7 Å². The van der Waals surface area contributed by atoms with Crippen molar-refractivity contribution >= 4 is 23.0 Å². The SMILES string of the molecule is Cn1c(-c2ccccc2)c(/C=N/NC(=O)c2ccccc2F)c2ccccc21. The second-order valence-corrected chi connectivity index (χ2v) is 6.38. The number of fused-ring (bicyclic) bond motifs is 1. The summed E-state index contributed by atoms with van der Waals surface area (Å²) in [4.78, 5) is 12.2. The summed E-state index contributed by atoms with van der Waals surface area (Å²) in [5.74, 6) is -1.17. The zero-order valence-electron chi connectivity index (χ0n) is 15.3. The zero-order chi connectivity index (χ0) is 19.5. The fourth-order valence-electron chi connectivity index (χ4n) is 3.36. The van der Waals surface area contributed by atoms with Gasteiger partial charge in [-0.25, -0.2) is 9.82 Å². The van der Waals surface area contributed by atoms with Crippen LogP contribution in [0.2, 0.25) is 0 Å². The van der Waals surface area contributed by atoms with Crippen LogP contribution in [0, 0.1) is 5.82 Å². The Morgan fingerprint density at radius 1 is 0.964 bits per heavy atom. The summed E-state index contributed by atoms with van der Waals surface area (Å²) in [6, 6.07) is 23.8. The van der Waals surface area contributed by atoms with E-state index in [2.05, 4.69) is 15.1 Å². The standard InChI is InChI=1S/C23H18FN3O/c1-27-21-14-8-6-11-17(21)19(22(27)16-9-3-2-4-10-16)15-25-26-23(28)18-12-5-7-13-20(18)24/h2-15H,1H3,(H,26,28)/b25-15+. The maximum absolute atomic E-state index is 13.8. The van der Waals surface area contributed by atoms with E-state index in [0.717, 1.165) is 27.7 Å². The minimum atomic E-state index is -0.587. The minimum Gasteiger partial charge on any atom is -0.343 e. The number of aromatic nitrogens is 1. The Bertz CT molecular complexity index is 1180. The molecule has 3 aromatic carbocycles. The molecule has 0 aliphatic heterocycles. The number of benzene rings is 3. The molecule has 0 radical (unpaired) electrons. The lowest BCUT2D eigenvalue weighted by atomic mass is 10.1. The molecular formula is C23H18FN3O. The Balaban J connectivity index is 1.73. The van der Waals surface area contributed by atoms with Gasteiger partial charge in [-0.15, -0.1) is 0 Å². The molecular weight excluding hydrogens is 353 g/mol. The maximum atomic E-state index is 13.8. The van der Waals surface area contributed by atoms with Gasteiger partial charge in [0.2, 0.25) is 0 Å². The highest BCUT2D eigenvalue weighted by molar-refractivity contribution is 6.07. The summed E-state index contributed by atoms with van der Waals surface area (Å²) in [5, 5.41) is 5.13. The number of para-hydroxylation sites is 1. The number of carbonyl (C=O) groups is 1. The fraction of sp³-hybridized carbons (Fsp3) is 0.0435. The number of nitrogens with zero attached hydrogens (tertiary/aromatic N) is 2. The third-order valence-electron chi connectivity index (χ3n) is 4.67. The molecule has 0 unspecified atom stereocenters. The van der Waals surface area contributed by atoms with Crippen LogP contribution in [0.4, 0.5) is 4.39 Å². The van der Waals surface area contributed by atoms with Gasteiger partial charge in [-0.3, -0.25) is 4.79 Å². The van der Waals surface area contributed by atoms with Crippen LogP contribution >= 0.6 is 0 Å². The van der Waals surface area contributed by atoms with Crippen LogP contribution < -0.4 is 5.43 Å². The average molecular weight is 371 g/mol. The average Bonchev–Trinajstić information content (AvgIpc) is 3.01. The summed E-state index contributed by atoms with van der Waals surface area (Å²) in [7, 11) is 2.00. The maximum Gasteiger partial charge on any atom is 0.274 e. The van der Waals surface area contributed by atoms with Gasteiger partial charge < -0.3 is 4.57 Å². The molecule has 0 fully saturated rings. The predicted octanol–water partition coefficient (Wildman–Crippen LogP) is 4.75. The molecule has 4 nitrogen and oxygen atoms in total. The first kappa shape index (κ1) is 17.7. The molecule has 0 saturated carbocycles. The summed E-state index contributed by atoms with van der Waals surface area (Å²) >= 11 is 0. The van der Waals surface area contributed by atoms with Gasteiger partial charge in [0.25, 0.3) is 5.91 Å². The number of hydrogen-bond acceptors (Lipinski definition) is 2. The molecule has 0 spiro atoms. The van der Waals surface area contributed by atoms with Crippen LogP contribution in [-0.4, -0.2) is 16.7 Å². The highest BCUT2D eigenvalue weighted by Gasteiger charge is 2.15. The van der Waals surface area contributed by atoms with Crippen LogP contribution in [0.1, 0.15) is 15.9 Å². The Morgan fingerprint density at radius 2 is 1.64 bits per heavy atom. The fourth-order valence-corrected chi connectivity index (χ4v) is 3.36. The molecule has 5 heteroatoms. The quantitative estimate of drug-likeness (QED) is 0.408. The normalized spacial score (nSPS) is 11.2. The van der Waals surface area contributed by atoms with Crippen molar-refractivity contribution in [1.82, 2.24) is 9.99 Å². The van der Waals surface area contributed by atoms with Crippen molar-refractivity contribution in [2.24, 2.45) is 12.1 Å². The van der Waals surface area contributed by atoms with Crippen LogP contribution in [0.5, 0.6) is 0 Å². The number of amides is 1. The molecule has 28 heavy (non-hydrogen) atoms. The minimum absolute atomic E-state index is 0.0409. The third-order valence-corrected chi connectivity index (χ3v) is 4.67. The van der Waals surface area contributed by atoms with E-state index in [1.807, 2.05) is 61.6 Å². The first-order valence-electron chi connectivity index (χ1n) is 8.87. The van der Waals surface area contributed by atoms with E-state index in [1.54, 1.807) is 12.3 Å². The molecule has 1 aromatic heterocycles. The molecule has 0 aliphatic carbocycles. The highest BCUT2D eigenvalue weighted by Crippen LogP contribution is 2.31. The van der Waals surface area contributed by atoms with Gasteiger partial charge >= 0.3 is 0 Å². The van der Waals surface area contributed by atoms with E-state index in [9.17, 15) is 9.18 Å². The topological polar surface area (TPSA) is 46.4 Å². The van der Waals surface area contributed by atoms with Crippen molar-refractivity contribution in [3.63, 3.8) is 0 Å². The van der Waals surface area contributed by atoms with Gasteiger partial charge in [-0.05, 0) is 23.8 Å². The third kappa shape index (κ3) is 3.18. The number of halogens is 1. The summed E-state index contributed by atoms with van der Waals surface area (Å²) in [6.45, 7) is 0. The molecule has 0 saturated heterocycles. The van der Waals surface area contributed by atoms with E-state index in [0.29, 0.717) is 0 Å². The summed E-state index contributed by atoms with van der Waals surface area (Å²) in [6.07, 6.45) is 1.61. The lowest BCUT2D eigenvalue weighted by Gasteiger charge is -2.06. The summed E-state index contributed by atoms with van der Waals surface area (Å²) < 4.78 is 15.9. The lowest BCUT2D eigenvalue weighted by Crippen LogP contribution is -2.19. The number of rotatable bonds is 4. The largest absolute Gasteiger partial charge is 0.343 e. The van der Waals surface area contributed by atoms with Crippen molar-refractivity contribution in [2.75, 3.05) is 0 Å². The molecule has 1 heterocycles. The molecule has 0 atom stereocenters. The first-order chi connectivity index (χ1) is 13.7. The van der Waals surface area contributed by atoms with Crippen LogP contribution in [-0.2, 0) is 7.05 Å². The number of carbonyl (C=O) groups excluding carboxylic acids is 1. The van der Waals surface area contributed by atoms with Crippen molar-refractivity contribution in [3.05, 3.63) is 95.8 Å². The molecule has 4 aromatic rings. The van der Waals surface area contributed by atoms with Gasteiger partial charge in [-0.1, -0.05) is 60.7 Å². The number of hydrogen-bond donors (Lipinski definition) is 1. The van der Waals surface area contributed by atoms with E-state index in [-0.39, 0.29) is 5.56 Å². The van der Waals surface area contributed by atoms with Crippen LogP contribution in [0.3, 0.4) is 0 Å². The van der Waals surface area contributed by atoms with Crippen molar-refractivity contribution in [2.45, 2.75) is 0 Å². The highest BCUT2D eigenvalue weighted by atomic mass is 19.1. The summed E-state index contributed by atoms with van der Waals surface area (Å²) in [5.41, 5.74) is 6.36.